The van der Waals surface area contributed by atoms with E-state index >= 15 is 0 Å². The molecule has 1 amide bonds. The molecule has 0 aromatic carbocycles. The van der Waals surface area contributed by atoms with Crippen LogP contribution in [0.1, 0.15) is 26.2 Å². The van der Waals surface area contributed by atoms with E-state index < -0.39 is 0 Å². The lowest BCUT2D eigenvalue weighted by atomic mass is 10.0. The molecule has 2 N–H and O–H groups in total. The molecule has 0 spiro atoms. The molecule has 0 radical (unpaired) electrons. The molecule has 1 aliphatic rings. The first-order chi connectivity index (χ1) is 8.06. The highest BCUT2D eigenvalue weighted by Crippen LogP contribution is 2.26. The second-order valence-electron chi connectivity index (χ2n) is 4.80. The van der Waals surface area contributed by atoms with Gasteiger partial charge >= 0.3 is 0 Å². The zero-order valence-electron chi connectivity index (χ0n) is 10.6. The molecule has 4 nitrogen and oxygen atoms in total. The van der Waals surface area contributed by atoms with E-state index in [2.05, 4.69) is 11.2 Å². The average molecular weight is 238 g/mol. The van der Waals surface area contributed by atoms with E-state index in [1.807, 2.05) is 18.9 Å². The Bertz CT molecular complexity index is 298. The quantitative estimate of drug-likeness (QED) is 0.674. The van der Waals surface area contributed by atoms with Gasteiger partial charge in [0.2, 0.25) is 5.91 Å². The molecule has 0 aromatic rings. The molecule has 0 aromatic heterocycles. The van der Waals surface area contributed by atoms with Crippen molar-refractivity contribution in [1.82, 2.24) is 10.2 Å². The number of nitrogens with zero attached hydrogens (tertiary/aromatic N) is 1. The van der Waals surface area contributed by atoms with Crippen molar-refractivity contribution in [3.8, 4) is 12.3 Å². The van der Waals surface area contributed by atoms with Gasteiger partial charge in [-0.15, -0.1) is 6.42 Å². The van der Waals surface area contributed by atoms with Gasteiger partial charge in [-0.1, -0.05) is 12.3 Å². The van der Waals surface area contributed by atoms with Crippen LogP contribution in [-0.2, 0) is 4.79 Å². The Morgan fingerprint density at radius 1 is 1.65 bits per heavy atom. The van der Waals surface area contributed by atoms with Crippen molar-refractivity contribution >= 4 is 5.91 Å². The molecule has 1 saturated carbocycles. The van der Waals surface area contributed by atoms with Crippen LogP contribution >= 0.6 is 0 Å². The van der Waals surface area contributed by atoms with Crippen LogP contribution in [0.5, 0.6) is 0 Å². The summed E-state index contributed by atoms with van der Waals surface area (Å²) in [5.74, 6) is 2.62. The van der Waals surface area contributed by atoms with Crippen molar-refractivity contribution in [2.45, 2.75) is 38.3 Å². The summed E-state index contributed by atoms with van der Waals surface area (Å²) < 4.78 is 0. The predicted octanol–water partition coefficient (Wildman–Crippen LogP) is 0.217. The van der Waals surface area contributed by atoms with Gasteiger partial charge in [-0.2, -0.15) is 0 Å². The summed E-state index contributed by atoms with van der Waals surface area (Å²) in [5, 5.41) is 12.4. The molecule has 0 heterocycles. The minimum atomic E-state index is -0.212. The standard InChI is InChI=1S/C13H22N2O2/c1-4-8-14-13(17)10(2)15(3)9-11-6-5-7-12(11)16/h1,10-12,16H,5-9H2,2-3H3,(H,14,17). The van der Waals surface area contributed by atoms with Gasteiger partial charge in [0, 0.05) is 6.54 Å². The molecule has 0 aliphatic heterocycles. The molecular weight excluding hydrogens is 216 g/mol. The van der Waals surface area contributed by atoms with E-state index in [4.69, 9.17) is 6.42 Å². The van der Waals surface area contributed by atoms with Crippen molar-refractivity contribution < 1.29 is 9.90 Å². The van der Waals surface area contributed by atoms with Crippen molar-refractivity contribution in [2.75, 3.05) is 20.1 Å². The molecule has 4 heteroatoms. The van der Waals surface area contributed by atoms with E-state index in [0.29, 0.717) is 5.92 Å². The highest BCUT2D eigenvalue weighted by molar-refractivity contribution is 5.81. The third kappa shape index (κ3) is 4.03. The Morgan fingerprint density at radius 3 is 2.88 bits per heavy atom. The maximum Gasteiger partial charge on any atom is 0.237 e. The van der Waals surface area contributed by atoms with Gasteiger partial charge in [-0.3, -0.25) is 9.69 Å². The van der Waals surface area contributed by atoms with Crippen LogP contribution in [0.3, 0.4) is 0 Å². The Hall–Kier alpha value is -1.05. The summed E-state index contributed by atoms with van der Waals surface area (Å²) in [6.45, 7) is 2.88. The second-order valence-corrected chi connectivity index (χ2v) is 4.80. The van der Waals surface area contributed by atoms with E-state index in [1.165, 1.54) is 0 Å². The molecular formula is C13H22N2O2. The van der Waals surface area contributed by atoms with Gasteiger partial charge < -0.3 is 10.4 Å². The Morgan fingerprint density at radius 2 is 2.35 bits per heavy atom. The number of hydrogen-bond acceptors (Lipinski definition) is 3. The monoisotopic (exact) mass is 238 g/mol. The minimum Gasteiger partial charge on any atom is -0.393 e. The van der Waals surface area contributed by atoms with Gasteiger partial charge in [0.15, 0.2) is 0 Å². The topological polar surface area (TPSA) is 52.6 Å². The smallest absolute Gasteiger partial charge is 0.237 e. The maximum absolute atomic E-state index is 11.7. The van der Waals surface area contributed by atoms with Crippen LogP contribution in [0, 0.1) is 18.3 Å². The number of aliphatic hydroxyl groups is 1. The number of aliphatic hydroxyl groups excluding tert-OH is 1. The first-order valence-corrected chi connectivity index (χ1v) is 6.15. The largest absolute Gasteiger partial charge is 0.393 e. The van der Waals surface area contributed by atoms with Crippen LogP contribution in [0.15, 0.2) is 0 Å². The second kappa shape index (κ2) is 6.63. The van der Waals surface area contributed by atoms with Gasteiger partial charge in [0.25, 0.3) is 0 Å². The van der Waals surface area contributed by atoms with Crippen molar-refractivity contribution in [1.29, 1.82) is 0 Å². The Balaban J connectivity index is 2.38. The van der Waals surface area contributed by atoms with Crippen LogP contribution in [-0.4, -0.2) is 48.2 Å². The summed E-state index contributed by atoms with van der Waals surface area (Å²) in [7, 11) is 1.91. The van der Waals surface area contributed by atoms with E-state index in [-0.39, 0.29) is 24.6 Å². The number of terminal acetylenes is 1. The van der Waals surface area contributed by atoms with Crippen LogP contribution in [0.2, 0.25) is 0 Å². The molecule has 1 fully saturated rings. The highest BCUT2D eigenvalue weighted by atomic mass is 16.3. The maximum atomic E-state index is 11.7. The number of carbonyl (C=O) groups is 1. The predicted molar refractivity (Wildman–Crippen MR) is 67.3 cm³/mol. The van der Waals surface area contributed by atoms with Crippen molar-refractivity contribution in [2.24, 2.45) is 5.92 Å². The number of hydrogen-bond donors (Lipinski definition) is 2. The van der Waals surface area contributed by atoms with Crippen LogP contribution < -0.4 is 5.32 Å². The third-order valence-corrected chi connectivity index (χ3v) is 3.55. The Kier molecular flexibility index (Phi) is 5.46. The normalized spacial score (nSPS) is 25.6. The zero-order chi connectivity index (χ0) is 12.8. The minimum absolute atomic E-state index is 0.0575. The highest BCUT2D eigenvalue weighted by Gasteiger charge is 2.28. The fraction of sp³-hybridized carbons (Fsp3) is 0.769. The molecule has 0 bridgehead atoms. The number of amides is 1. The number of rotatable bonds is 5. The van der Waals surface area contributed by atoms with Gasteiger partial charge in [-0.05, 0) is 32.7 Å². The zero-order valence-corrected chi connectivity index (χ0v) is 10.6. The van der Waals surface area contributed by atoms with Crippen LogP contribution in [0.4, 0.5) is 0 Å². The summed E-state index contributed by atoms with van der Waals surface area (Å²) >= 11 is 0. The summed E-state index contributed by atoms with van der Waals surface area (Å²) in [6.07, 6.45) is 7.89. The molecule has 0 saturated heterocycles. The SMILES string of the molecule is C#CCNC(=O)C(C)N(C)CC1CCCC1O. The van der Waals surface area contributed by atoms with E-state index in [1.54, 1.807) is 0 Å². The average Bonchev–Trinajstić information content (AvgIpc) is 2.70. The summed E-state index contributed by atoms with van der Waals surface area (Å²) in [6, 6.07) is -0.212. The lowest BCUT2D eigenvalue weighted by Crippen LogP contribution is -2.45. The molecule has 17 heavy (non-hydrogen) atoms. The lowest BCUT2D eigenvalue weighted by Gasteiger charge is -2.27. The summed E-state index contributed by atoms with van der Waals surface area (Å²) in [4.78, 5) is 13.7. The van der Waals surface area contributed by atoms with Crippen LogP contribution in [0.25, 0.3) is 0 Å². The lowest BCUT2D eigenvalue weighted by molar-refractivity contribution is -0.125. The first kappa shape index (κ1) is 14.0. The fourth-order valence-electron chi connectivity index (χ4n) is 2.24. The van der Waals surface area contributed by atoms with Crippen molar-refractivity contribution in [3.63, 3.8) is 0 Å². The molecule has 3 unspecified atom stereocenters. The number of carbonyl (C=O) groups excluding carboxylic acids is 1. The fourth-order valence-corrected chi connectivity index (χ4v) is 2.24. The Labute approximate surface area is 103 Å². The number of nitrogens with one attached hydrogen (secondary N) is 1. The third-order valence-electron chi connectivity index (χ3n) is 3.55. The molecule has 1 aliphatic carbocycles. The molecule has 3 atom stereocenters. The summed E-state index contributed by atoms with van der Waals surface area (Å²) in [5.41, 5.74) is 0. The van der Waals surface area contributed by atoms with E-state index in [9.17, 15) is 9.90 Å². The van der Waals surface area contributed by atoms with Crippen molar-refractivity contribution in [3.05, 3.63) is 0 Å². The van der Waals surface area contributed by atoms with Gasteiger partial charge in [0.05, 0.1) is 18.7 Å². The number of likely N-dealkylation sites (N-methyl/N-ethyl adjacent to an activating group) is 1. The van der Waals surface area contributed by atoms with Gasteiger partial charge in [-0.25, -0.2) is 0 Å². The first-order valence-electron chi connectivity index (χ1n) is 6.15. The van der Waals surface area contributed by atoms with Gasteiger partial charge in [0.1, 0.15) is 0 Å². The molecule has 1 rings (SSSR count). The van der Waals surface area contributed by atoms with E-state index in [0.717, 1.165) is 25.8 Å². The molecule has 96 valence electrons.